The highest BCUT2D eigenvalue weighted by Gasteiger charge is 1.99. The van der Waals surface area contributed by atoms with Gasteiger partial charge in [0.25, 0.3) is 0 Å². The summed E-state index contributed by atoms with van der Waals surface area (Å²) in [5, 5.41) is 8.40. The summed E-state index contributed by atoms with van der Waals surface area (Å²) in [6.45, 7) is 1.92. The van der Waals surface area contributed by atoms with Gasteiger partial charge in [-0.05, 0) is 61.1 Å². The molecule has 0 radical (unpaired) electrons. The van der Waals surface area contributed by atoms with Gasteiger partial charge in [0.15, 0.2) is 5.11 Å². The number of halogens is 2. The Labute approximate surface area is 142 Å². The Morgan fingerprint density at radius 1 is 1.10 bits per heavy atom. The minimum absolute atomic E-state index is 0.425. The molecular formula is C15H13BrClN3S. The summed E-state index contributed by atoms with van der Waals surface area (Å²) in [5.74, 6) is 0. The van der Waals surface area contributed by atoms with Crippen LogP contribution in [0.3, 0.4) is 0 Å². The maximum Gasteiger partial charge on any atom is 0.191 e. The van der Waals surface area contributed by atoms with Gasteiger partial charge in [0.05, 0.1) is 5.71 Å². The maximum atomic E-state index is 5.83. The van der Waals surface area contributed by atoms with Crippen LogP contribution in [-0.4, -0.2) is 10.8 Å². The number of anilines is 1. The lowest BCUT2D eigenvalue weighted by molar-refractivity contribution is 1.04. The molecule has 0 saturated carbocycles. The van der Waals surface area contributed by atoms with Crippen molar-refractivity contribution in [3.8, 4) is 0 Å². The van der Waals surface area contributed by atoms with E-state index in [2.05, 4.69) is 31.8 Å². The molecule has 0 aliphatic heterocycles. The SMILES string of the molecule is C/C(=N/NC(=S)Nc1ccc(Cl)cc1)c1ccc(Br)cc1. The van der Waals surface area contributed by atoms with Crippen molar-refractivity contribution in [2.45, 2.75) is 6.92 Å². The monoisotopic (exact) mass is 381 g/mol. The van der Waals surface area contributed by atoms with Crippen molar-refractivity contribution < 1.29 is 0 Å². The molecule has 2 aromatic carbocycles. The average molecular weight is 383 g/mol. The van der Waals surface area contributed by atoms with Crippen LogP contribution in [0.2, 0.25) is 5.02 Å². The predicted molar refractivity (Wildman–Crippen MR) is 97.2 cm³/mol. The molecule has 21 heavy (non-hydrogen) atoms. The minimum Gasteiger partial charge on any atom is -0.331 e. The minimum atomic E-state index is 0.425. The molecule has 0 spiro atoms. The van der Waals surface area contributed by atoms with Gasteiger partial charge in [-0.2, -0.15) is 5.10 Å². The number of hydrogen-bond acceptors (Lipinski definition) is 2. The first kappa shape index (κ1) is 15.9. The number of hydrazone groups is 1. The first-order valence-corrected chi connectivity index (χ1v) is 7.75. The van der Waals surface area contributed by atoms with E-state index in [1.54, 1.807) is 12.1 Å². The summed E-state index contributed by atoms with van der Waals surface area (Å²) in [6.07, 6.45) is 0. The third-order valence-electron chi connectivity index (χ3n) is 2.69. The van der Waals surface area contributed by atoms with E-state index < -0.39 is 0 Å². The highest BCUT2D eigenvalue weighted by Crippen LogP contribution is 2.13. The van der Waals surface area contributed by atoms with Crippen molar-refractivity contribution in [2.75, 3.05) is 5.32 Å². The molecule has 0 aromatic heterocycles. The van der Waals surface area contributed by atoms with Crippen LogP contribution in [0, 0.1) is 0 Å². The zero-order chi connectivity index (χ0) is 15.2. The van der Waals surface area contributed by atoms with Gasteiger partial charge < -0.3 is 5.32 Å². The average Bonchev–Trinajstić information content (AvgIpc) is 2.48. The van der Waals surface area contributed by atoms with Crippen LogP contribution in [0.5, 0.6) is 0 Å². The van der Waals surface area contributed by atoms with Gasteiger partial charge in [-0.15, -0.1) is 0 Å². The molecule has 0 saturated heterocycles. The molecular weight excluding hydrogens is 370 g/mol. The van der Waals surface area contributed by atoms with Crippen LogP contribution < -0.4 is 10.7 Å². The Balaban J connectivity index is 1.94. The van der Waals surface area contributed by atoms with Gasteiger partial charge in [0.2, 0.25) is 0 Å². The van der Waals surface area contributed by atoms with Gasteiger partial charge in [-0.25, -0.2) is 0 Å². The van der Waals surface area contributed by atoms with E-state index >= 15 is 0 Å². The Morgan fingerprint density at radius 2 is 1.71 bits per heavy atom. The Hall–Kier alpha value is -1.43. The third-order valence-corrected chi connectivity index (χ3v) is 3.66. The lowest BCUT2D eigenvalue weighted by atomic mass is 10.1. The fourth-order valence-corrected chi connectivity index (χ4v) is 2.14. The number of rotatable bonds is 3. The van der Waals surface area contributed by atoms with Gasteiger partial charge in [-0.1, -0.05) is 39.7 Å². The van der Waals surface area contributed by atoms with Crippen LogP contribution >= 0.6 is 39.7 Å². The van der Waals surface area contributed by atoms with Crippen molar-refractivity contribution in [2.24, 2.45) is 5.10 Å². The van der Waals surface area contributed by atoms with Gasteiger partial charge in [-0.3, -0.25) is 5.43 Å². The quantitative estimate of drug-likeness (QED) is 0.454. The van der Waals surface area contributed by atoms with Crippen molar-refractivity contribution >= 4 is 56.3 Å². The zero-order valence-corrected chi connectivity index (χ0v) is 14.4. The number of nitrogens with zero attached hydrogens (tertiary/aromatic N) is 1. The van der Waals surface area contributed by atoms with Gasteiger partial charge >= 0.3 is 0 Å². The molecule has 0 amide bonds. The van der Waals surface area contributed by atoms with Crippen LogP contribution in [0.15, 0.2) is 58.1 Å². The van der Waals surface area contributed by atoms with Gasteiger partial charge in [0.1, 0.15) is 0 Å². The summed E-state index contributed by atoms with van der Waals surface area (Å²) in [6, 6.07) is 15.2. The van der Waals surface area contributed by atoms with E-state index in [1.807, 2.05) is 43.3 Å². The number of thiocarbonyl (C=S) groups is 1. The Bertz CT molecular complexity index is 654. The summed E-state index contributed by atoms with van der Waals surface area (Å²) < 4.78 is 1.03. The highest BCUT2D eigenvalue weighted by molar-refractivity contribution is 9.10. The van der Waals surface area contributed by atoms with E-state index in [0.29, 0.717) is 10.1 Å². The molecule has 108 valence electrons. The molecule has 0 aliphatic rings. The second-order valence-electron chi connectivity index (χ2n) is 4.28. The largest absolute Gasteiger partial charge is 0.331 e. The number of hydrogen-bond donors (Lipinski definition) is 2. The fraction of sp³-hybridized carbons (Fsp3) is 0.0667. The van der Waals surface area contributed by atoms with E-state index in [9.17, 15) is 0 Å². The van der Waals surface area contributed by atoms with Crippen LogP contribution in [0.1, 0.15) is 12.5 Å². The van der Waals surface area contributed by atoms with E-state index in [1.165, 1.54) is 0 Å². The standard InChI is InChI=1S/C15H13BrClN3S/c1-10(11-2-4-12(16)5-3-11)19-20-15(21)18-14-8-6-13(17)7-9-14/h2-9H,1H3,(H2,18,20,21)/b19-10-. The maximum absolute atomic E-state index is 5.83. The molecule has 2 N–H and O–H groups in total. The van der Waals surface area contributed by atoms with Gasteiger partial charge in [0, 0.05) is 15.2 Å². The molecule has 0 atom stereocenters. The Morgan fingerprint density at radius 3 is 2.33 bits per heavy atom. The lowest BCUT2D eigenvalue weighted by Crippen LogP contribution is -2.24. The normalized spacial score (nSPS) is 11.1. The topological polar surface area (TPSA) is 36.4 Å². The molecule has 0 fully saturated rings. The first-order valence-electron chi connectivity index (χ1n) is 6.17. The summed E-state index contributed by atoms with van der Waals surface area (Å²) >= 11 is 14.4. The third kappa shape index (κ3) is 5.12. The molecule has 6 heteroatoms. The molecule has 0 unspecified atom stereocenters. The van der Waals surface area contributed by atoms with Crippen molar-refractivity contribution in [3.05, 3.63) is 63.6 Å². The number of nitrogens with one attached hydrogen (secondary N) is 2. The molecule has 0 heterocycles. The van der Waals surface area contributed by atoms with Crippen LogP contribution in [-0.2, 0) is 0 Å². The van der Waals surface area contributed by atoms with Crippen molar-refractivity contribution in [1.29, 1.82) is 0 Å². The van der Waals surface area contributed by atoms with Crippen molar-refractivity contribution in [1.82, 2.24) is 5.43 Å². The summed E-state index contributed by atoms with van der Waals surface area (Å²) in [4.78, 5) is 0. The lowest BCUT2D eigenvalue weighted by Gasteiger charge is -2.08. The van der Waals surface area contributed by atoms with Crippen LogP contribution in [0.4, 0.5) is 5.69 Å². The fourth-order valence-electron chi connectivity index (χ4n) is 1.58. The second-order valence-corrected chi connectivity index (χ2v) is 6.04. The molecule has 2 rings (SSSR count). The van der Waals surface area contributed by atoms with Crippen molar-refractivity contribution in [3.63, 3.8) is 0 Å². The predicted octanol–water partition coefficient (Wildman–Crippen LogP) is 4.81. The van der Waals surface area contributed by atoms with E-state index in [4.69, 9.17) is 23.8 Å². The second kappa shape index (κ2) is 7.54. The van der Waals surface area contributed by atoms with E-state index in [-0.39, 0.29) is 0 Å². The van der Waals surface area contributed by atoms with E-state index in [0.717, 1.165) is 21.4 Å². The first-order chi connectivity index (χ1) is 10.0. The highest BCUT2D eigenvalue weighted by atomic mass is 79.9. The number of benzene rings is 2. The smallest absolute Gasteiger partial charge is 0.191 e. The zero-order valence-electron chi connectivity index (χ0n) is 11.2. The summed E-state index contributed by atoms with van der Waals surface area (Å²) in [5.41, 5.74) is 5.55. The molecule has 2 aromatic rings. The van der Waals surface area contributed by atoms with Crippen LogP contribution in [0.25, 0.3) is 0 Å². The summed E-state index contributed by atoms with van der Waals surface area (Å²) in [7, 11) is 0. The molecule has 0 bridgehead atoms. The Kier molecular flexibility index (Phi) is 5.73. The molecule has 0 aliphatic carbocycles. The molecule has 3 nitrogen and oxygen atoms in total.